The van der Waals surface area contributed by atoms with Crippen molar-refractivity contribution in [3.63, 3.8) is 0 Å². The number of amides is 2. The number of hydrogen-bond donors (Lipinski definition) is 4. The molecule has 1 unspecified atom stereocenters. The van der Waals surface area contributed by atoms with Crippen LogP contribution in [0.4, 0.5) is 4.79 Å². The highest BCUT2D eigenvalue weighted by molar-refractivity contribution is 5.93. The standard InChI is InChI=1S/C25H28N2O6/c28-14-11-21(22(29)30)26-23(31)25(12-5-6-13-25)27-24(32)33-15-20-18-9-3-1-7-16(18)17-8-2-4-10-19(17)20/h1-4,7-10,20-21,28H,5-6,11-15H2,(H,26,31)(H,27,32)(H,29,30). The van der Waals surface area contributed by atoms with Crippen LogP contribution in [0.15, 0.2) is 48.5 Å². The molecule has 1 fully saturated rings. The van der Waals surface area contributed by atoms with Crippen molar-refractivity contribution in [2.24, 2.45) is 0 Å². The van der Waals surface area contributed by atoms with Crippen molar-refractivity contribution in [3.8, 4) is 11.1 Å². The minimum atomic E-state index is -1.23. The molecule has 0 saturated heterocycles. The number of carboxylic acid groups (broad SMARTS) is 1. The number of aliphatic hydroxyl groups is 1. The Kier molecular flexibility index (Phi) is 6.65. The summed E-state index contributed by atoms with van der Waals surface area (Å²) in [6.07, 6.45) is 1.44. The van der Waals surface area contributed by atoms with Crippen LogP contribution in [0.25, 0.3) is 11.1 Å². The van der Waals surface area contributed by atoms with Gasteiger partial charge in [-0.05, 0) is 35.1 Å². The van der Waals surface area contributed by atoms with Crippen LogP contribution in [0.2, 0.25) is 0 Å². The normalized spacial score (nSPS) is 17.0. The lowest BCUT2D eigenvalue weighted by Crippen LogP contribution is -2.60. The maximum absolute atomic E-state index is 13.0. The monoisotopic (exact) mass is 452 g/mol. The number of aliphatic hydroxyl groups excluding tert-OH is 1. The van der Waals surface area contributed by atoms with Crippen LogP contribution in [-0.2, 0) is 14.3 Å². The highest BCUT2D eigenvalue weighted by Gasteiger charge is 2.44. The predicted molar refractivity (Wildman–Crippen MR) is 121 cm³/mol. The molecule has 1 saturated carbocycles. The molecule has 2 aliphatic carbocycles. The van der Waals surface area contributed by atoms with Gasteiger partial charge >= 0.3 is 12.1 Å². The molecule has 2 aliphatic rings. The molecule has 0 heterocycles. The van der Waals surface area contributed by atoms with Crippen LogP contribution in [0.1, 0.15) is 49.1 Å². The number of benzene rings is 2. The summed E-state index contributed by atoms with van der Waals surface area (Å²) >= 11 is 0. The Morgan fingerprint density at radius 1 is 1.00 bits per heavy atom. The number of fused-ring (bicyclic) bond motifs is 3. The molecule has 0 spiro atoms. The molecule has 0 bridgehead atoms. The number of alkyl carbamates (subject to hydrolysis) is 1. The van der Waals surface area contributed by atoms with Crippen molar-refractivity contribution in [1.82, 2.24) is 10.6 Å². The Labute approximate surface area is 192 Å². The van der Waals surface area contributed by atoms with Crippen LogP contribution in [0, 0.1) is 0 Å². The molecule has 2 aromatic carbocycles. The van der Waals surface area contributed by atoms with E-state index in [2.05, 4.69) is 22.8 Å². The van der Waals surface area contributed by atoms with Gasteiger partial charge in [0.1, 0.15) is 18.2 Å². The SMILES string of the molecule is O=C(NC1(C(=O)NC(CCO)C(=O)O)CCCC1)OCC1c2ccccc2-c2ccccc21. The zero-order valence-corrected chi connectivity index (χ0v) is 18.3. The Hall–Kier alpha value is -3.39. The molecule has 0 aliphatic heterocycles. The molecule has 2 amide bonds. The van der Waals surface area contributed by atoms with Crippen molar-refractivity contribution in [3.05, 3.63) is 59.7 Å². The third-order valence-corrected chi connectivity index (χ3v) is 6.60. The van der Waals surface area contributed by atoms with E-state index >= 15 is 0 Å². The van der Waals surface area contributed by atoms with Crippen molar-refractivity contribution < 1.29 is 29.3 Å². The van der Waals surface area contributed by atoms with E-state index in [1.54, 1.807) is 0 Å². The zero-order valence-electron chi connectivity index (χ0n) is 18.3. The van der Waals surface area contributed by atoms with Gasteiger partial charge in [-0.3, -0.25) is 4.79 Å². The molecule has 4 N–H and O–H groups in total. The van der Waals surface area contributed by atoms with Crippen molar-refractivity contribution in [2.75, 3.05) is 13.2 Å². The van der Waals surface area contributed by atoms with Gasteiger partial charge in [0.25, 0.3) is 0 Å². The van der Waals surface area contributed by atoms with E-state index in [-0.39, 0.29) is 25.6 Å². The third kappa shape index (κ3) is 4.57. The summed E-state index contributed by atoms with van der Waals surface area (Å²) in [5.74, 6) is -1.89. The fraction of sp³-hybridized carbons (Fsp3) is 0.400. The molecule has 33 heavy (non-hydrogen) atoms. The largest absolute Gasteiger partial charge is 0.480 e. The van der Waals surface area contributed by atoms with Crippen LogP contribution in [0.3, 0.4) is 0 Å². The summed E-state index contributed by atoms with van der Waals surface area (Å²) in [7, 11) is 0. The summed E-state index contributed by atoms with van der Waals surface area (Å²) in [5.41, 5.74) is 3.21. The van der Waals surface area contributed by atoms with Gasteiger partial charge in [0.15, 0.2) is 0 Å². The van der Waals surface area contributed by atoms with Gasteiger partial charge in [-0.2, -0.15) is 0 Å². The highest BCUT2D eigenvalue weighted by Crippen LogP contribution is 2.44. The third-order valence-electron chi connectivity index (χ3n) is 6.60. The first-order valence-electron chi connectivity index (χ1n) is 11.2. The molecule has 4 rings (SSSR count). The smallest absolute Gasteiger partial charge is 0.408 e. The first kappa shape index (κ1) is 22.8. The quantitative estimate of drug-likeness (QED) is 0.488. The van der Waals surface area contributed by atoms with E-state index in [1.807, 2.05) is 36.4 Å². The van der Waals surface area contributed by atoms with E-state index < -0.39 is 29.6 Å². The molecule has 174 valence electrons. The second kappa shape index (κ2) is 9.62. The van der Waals surface area contributed by atoms with E-state index in [1.165, 1.54) is 0 Å². The van der Waals surface area contributed by atoms with E-state index in [9.17, 15) is 19.5 Å². The summed E-state index contributed by atoms with van der Waals surface area (Å²) < 4.78 is 5.59. The van der Waals surface area contributed by atoms with Gasteiger partial charge in [0, 0.05) is 18.9 Å². The zero-order chi connectivity index (χ0) is 23.4. The number of carboxylic acids is 1. The Balaban J connectivity index is 1.44. The average Bonchev–Trinajstić information content (AvgIpc) is 3.41. The van der Waals surface area contributed by atoms with Gasteiger partial charge < -0.3 is 25.6 Å². The molecule has 8 heteroatoms. The average molecular weight is 453 g/mol. The van der Waals surface area contributed by atoms with Crippen molar-refractivity contribution in [2.45, 2.75) is 49.6 Å². The number of aliphatic carboxylic acids is 1. The lowest BCUT2D eigenvalue weighted by atomic mass is 9.95. The Morgan fingerprint density at radius 2 is 1.58 bits per heavy atom. The molecule has 0 aromatic heterocycles. The van der Waals surface area contributed by atoms with Crippen LogP contribution >= 0.6 is 0 Å². The Bertz CT molecular complexity index is 1000. The first-order valence-corrected chi connectivity index (χ1v) is 11.2. The summed E-state index contributed by atoms with van der Waals surface area (Å²) in [6, 6.07) is 14.8. The minimum Gasteiger partial charge on any atom is -0.480 e. The first-order chi connectivity index (χ1) is 15.9. The van der Waals surface area contributed by atoms with Gasteiger partial charge in [0.2, 0.25) is 5.91 Å². The second-order valence-corrected chi connectivity index (χ2v) is 8.62. The van der Waals surface area contributed by atoms with Gasteiger partial charge in [-0.15, -0.1) is 0 Å². The minimum absolute atomic E-state index is 0.0996. The number of carbonyl (C=O) groups excluding carboxylic acids is 2. The summed E-state index contributed by atoms with van der Waals surface area (Å²) in [5, 5.41) is 23.6. The number of rotatable bonds is 8. The maximum Gasteiger partial charge on any atom is 0.408 e. The van der Waals surface area contributed by atoms with Gasteiger partial charge in [-0.25, -0.2) is 9.59 Å². The molecule has 1 atom stereocenters. The van der Waals surface area contributed by atoms with Crippen molar-refractivity contribution >= 4 is 18.0 Å². The number of hydrogen-bond acceptors (Lipinski definition) is 5. The van der Waals surface area contributed by atoms with E-state index in [4.69, 9.17) is 9.84 Å². The topological polar surface area (TPSA) is 125 Å². The molecule has 2 aromatic rings. The predicted octanol–water partition coefficient (Wildman–Crippen LogP) is 2.79. The Morgan fingerprint density at radius 3 is 2.12 bits per heavy atom. The van der Waals surface area contributed by atoms with E-state index in [0.717, 1.165) is 35.1 Å². The summed E-state index contributed by atoms with van der Waals surface area (Å²) in [4.78, 5) is 37.1. The van der Waals surface area contributed by atoms with Gasteiger partial charge in [-0.1, -0.05) is 61.4 Å². The highest BCUT2D eigenvalue weighted by atomic mass is 16.5. The van der Waals surface area contributed by atoms with Crippen LogP contribution in [-0.4, -0.2) is 53.0 Å². The molecule has 8 nitrogen and oxygen atoms in total. The second-order valence-electron chi connectivity index (χ2n) is 8.62. The molecular weight excluding hydrogens is 424 g/mol. The van der Waals surface area contributed by atoms with Crippen molar-refractivity contribution in [1.29, 1.82) is 0 Å². The maximum atomic E-state index is 13.0. The van der Waals surface area contributed by atoms with Crippen LogP contribution < -0.4 is 10.6 Å². The fourth-order valence-corrected chi connectivity index (χ4v) is 4.90. The number of nitrogens with one attached hydrogen (secondary N) is 2. The number of ether oxygens (including phenoxy) is 1. The number of carbonyl (C=O) groups is 3. The summed E-state index contributed by atoms with van der Waals surface area (Å²) in [6.45, 7) is -0.246. The van der Waals surface area contributed by atoms with Crippen LogP contribution in [0.5, 0.6) is 0 Å². The molecular formula is C25H28N2O6. The van der Waals surface area contributed by atoms with E-state index in [0.29, 0.717) is 12.8 Å². The lowest BCUT2D eigenvalue weighted by Gasteiger charge is -2.30. The van der Waals surface area contributed by atoms with Gasteiger partial charge in [0.05, 0.1) is 0 Å². The molecule has 0 radical (unpaired) electrons. The fourth-order valence-electron chi connectivity index (χ4n) is 4.90. The lowest BCUT2D eigenvalue weighted by molar-refractivity contribution is -0.143.